The maximum atomic E-state index is 13.3. The van der Waals surface area contributed by atoms with Crippen LogP contribution in [0.1, 0.15) is 48.2 Å². The van der Waals surface area contributed by atoms with E-state index >= 15 is 0 Å². The van der Waals surface area contributed by atoms with E-state index in [4.69, 9.17) is 0 Å². The highest BCUT2D eigenvalue weighted by atomic mass is 32.1. The number of hydrogen-bond acceptors (Lipinski definition) is 2. The summed E-state index contributed by atoms with van der Waals surface area (Å²) in [5.74, 6) is 0.603. The molecular weight excluding hydrogens is 297 g/mol. The number of halogens is 1. The number of piperidine rings is 1. The maximum Gasteiger partial charge on any atom is 0.264 e. The second kappa shape index (κ2) is 5.65. The second-order valence-corrected chi connectivity index (χ2v) is 7.63. The molecule has 2 aliphatic rings. The largest absolute Gasteiger partial charge is 0.335 e. The Labute approximate surface area is 133 Å². The fourth-order valence-corrected chi connectivity index (χ4v) is 5.14. The molecule has 22 heavy (non-hydrogen) atoms. The van der Waals surface area contributed by atoms with E-state index in [0.29, 0.717) is 12.0 Å². The van der Waals surface area contributed by atoms with E-state index < -0.39 is 0 Å². The van der Waals surface area contributed by atoms with Crippen LogP contribution in [0.5, 0.6) is 0 Å². The number of fused-ring (bicyclic) bond motifs is 2. The summed E-state index contributed by atoms with van der Waals surface area (Å²) >= 11 is 1.49. The van der Waals surface area contributed by atoms with Gasteiger partial charge in [-0.3, -0.25) is 4.79 Å². The highest BCUT2D eigenvalue weighted by Gasteiger charge is 2.36. The molecule has 2 heterocycles. The van der Waals surface area contributed by atoms with Crippen LogP contribution in [0.15, 0.2) is 24.3 Å². The van der Waals surface area contributed by atoms with E-state index in [0.717, 1.165) is 34.3 Å². The molecular formula is C18H20FNOS. The van der Waals surface area contributed by atoms with E-state index in [1.54, 1.807) is 6.07 Å². The third-order valence-corrected chi connectivity index (χ3v) is 6.30. The number of carbonyl (C=O) groups excluding carboxylic acids is 1. The van der Waals surface area contributed by atoms with Crippen molar-refractivity contribution in [3.8, 4) is 0 Å². The van der Waals surface area contributed by atoms with Crippen molar-refractivity contribution in [2.45, 2.75) is 44.6 Å². The lowest BCUT2D eigenvalue weighted by Crippen LogP contribution is -2.49. The summed E-state index contributed by atoms with van der Waals surface area (Å²) in [6, 6.07) is 7.04. The van der Waals surface area contributed by atoms with Gasteiger partial charge in [0.25, 0.3) is 5.91 Å². The molecule has 1 aromatic heterocycles. The third-order valence-electron chi connectivity index (χ3n) is 5.19. The average molecular weight is 317 g/mol. The van der Waals surface area contributed by atoms with Crippen LogP contribution in [0.25, 0.3) is 10.1 Å². The Bertz CT molecular complexity index is 708. The molecule has 4 rings (SSSR count). The minimum atomic E-state index is -0.241. The van der Waals surface area contributed by atoms with E-state index in [1.165, 1.54) is 49.2 Å². The monoisotopic (exact) mass is 317 g/mol. The van der Waals surface area contributed by atoms with Crippen LogP contribution >= 0.6 is 11.3 Å². The maximum absolute atomic E-state index is 13.3. The molecule has 0 N–H and O–H groups in total. The second-order valence-electron chi connectivity index (χ2n) is 6.55. The number of rotatable bonds is 1. The van der Waals surface area contributed by atoms with Crippen LogP contribution in [-0.2, 0) is 0 Å². The molecule has 1 amide bonds. The smallest absolute Gasteiger partial charge is 0.264 e. The first-order valence-corrected chi connectivity index (χ1v) is 9.04. The van der Waals surface area contributed by atoms with Crippen LogP contribution in [0.2, 0.25) is 0 Å². The number of likely N-dealkylation sites (tertiary alicyclic amines) is 1. The molecule has 0 bridgehead atoms. The van der Waals surface area contributed by atoms with Gasteiger partial charge in [0.05, 0.1) is 4.88 Å². The Morgan fingerprint density at radius 3 is 2.86 bits per heavy atom. The van der Waals surface area contributed by atoms with Crippen LogP contribution < -0.4 is 0 Å². The summed E-state index contributed by atoms with van der Waals surface area (Å²) in [6.07, 6.45) is 7.36. The van der Waals surface area contributed by atoms with E-state index in [2.05, 4.69) is 4.90 Å². The van der Waals surface area contributed by atoms with Crippen LogP contribution in [-0.4, -0.2) is 23.4 Å². The molecule has 4 heteroatoms. The summed E-state index contributed by atoms with van der Waals surface area (Å²) in [7, 11) is 0. The van der Waals surface area contributed by atoms with Gasteiger partial charge in [0.15, 0.2) is 0 Å². The van der Waals surface area contributed by atoms with E-state index in [9.17, 15) is 9.18 Å². The molecule has 1 saturated carbocycles. The zero-order valence-electron chi connectivity index (χ0n) is 12.6. The van der Waals surface area contributed by atoms with Gasteiger partial charge < -0.3 is 4.90 Å². The molecule has 0 spiro atoms. The van der Waals surface area contributed by atoms with Crippen molar-refractivity contribution in [3.05, 3.63) is 35.0 Å². The summed E-state index contributed by atoms with van der Waals surface area (Å²) < 4.78 is 14.3. The number of hydrogen-bond donors (Lipinski definition) is 0. The molecule has 2 nitrogen and oxygen atoms in total. The van der Waals surface area contributed by atoms with Crippen molar-refractivity contribution in [1.29, 1.82) is 0 Å². The van der Waals surface area contributed by atoms with Crippen LogP contribution in [0.4, 0.5) is 4.39 Å². The first-order chi connectivity index (χ1) is 10.7. The quantitative estimate of drug-likeness (QED) is 0.737. The minimum absolute atomic E-state index is 0.151. The van der Waals surface area contributed by atoms with Crippen LogP contribution in [0, 0.1) is 11.7 Å². The van der Waals surface area contributed by atoms with Gasteiger partial charge in [-0.1, -0.05) is 12.8 Å². The molecule has 1 aliphatic carbocycles. The van der Waals surface area contributed by atoms with Crippen molar-refractivity contribution < 1.29 is 9.18 Å². The predicted octanol–water partition coefficient (Wildman–Crippen LogP) is 4.84. The van der Waals surface area contributed by atoms with Gasteiger partial charge in [0.1, 0.15) is 5.82 Å². The first kappa shape index (κ1) is 14.2. The van der Waals surface area contributed by atoms with Crippen molar-refractivity contribution in [2.24, 2.45) is 5.92 Å². The topological polar surface area (TPSA) is 20.3 Å². The van der Waals surface area contributed by atoms with Gasteiger partial charge in [-0.25, -0.2) is 4.39 Å². The number of benzene rings is 1. The molecule has 0 radical (unpaired) electrons. The molecule has 2 fully saturated rings. The number of amides is 1. The van der Waals surface area contributed by atoms with E-state index in [1.807, 2.05) is 6.07 Å². The van der Waals surface area contributed by atoms with Gasteiger partial charge in [-0.15, -0.1) is 11.3 Å². The lowest BCUT2D eigenvalue weighted by Gasteiger charge is -2.44. The van der Waals surface area contributed by atoms with Crippen molar-refractivity contribution in [3.63, 3.8) is 0 Å². The standard InChI is InChI=1S/C18H20FNOS/c19-14-7-8-16-13(10-14)11-17(22-16)18(21)20-9-3-5-12-4-1-2-6-15(12)20/h7-8,10-12,15H,1-6,9H2/t12-,15+/m1/s1. The van der Waals surface area contributed by atoms with Gasteiger partial charge in [0.2, 0.25) is 0 Å². The third kappa shape index (κ3) is 2.43. The number of nitrogens with zero attached hydrogens (tertiary/aromatic N) is 1. The normalized spacial score (nSPS) is 25.2. The van der Waals surface area contributed by atoms with Crippen molar-refractivity contribution in [1.82, 2.24) is 4.90 Å². The zero-order chi connectivity index (χ0) is 15.1. The van der Waals surface area contributed by atoms with Gasteiger partial charge >= 0.3 is 0 Å². The Morgan fingerprint density at radius 1 is 1.14 bits per heavy atom. The fraction of sp³-hybridized carbons (Fsp3) is 0.500. The summed E-state index contributed by atoms with van der Waals surface area (Å²) in [5.41, 5.74) is 0. The molecule has 116 valence electrons. The molecule has 2 aromatic rings. The summed E-state index contributed by atoms with van der Waals surface area (Å²) in [5, 5.41) is 0.838. The van der Waals surface area contributed by atoms with Crippen molar-refractivity contribution >= 4 is 27.3 Å². The van der Waals surface area contributed by atoms with E-state index in [-0.39, 0.29) is 11.7 Å². The Hall–Kier alpha value is -1.42. The number of carbonyl (C=O) groups is 1. The minimum Gasteiger partial charge on any atom is -0.335 e. The van der Waals surface area contributed by atoms with Crippen molar-refractivity contribution in [2.75, 3.05) is 6.54 Å². The first-order valence-electron chi connectivity index (χ1n) is 8.22. The lowest BCUT2D eigenvalue weighted by atomic mass is 9.78. The van der Waals surface area contributed by atoms with Crippen LogP contribution in [0.3, 0.4) is 0 Å². The predicted molar refractivity (Wildman–Crippen MR) is 87.8 cm³/mol. The lowest BCUT2D eigenvalue weighted by molar-refractivity contribution is 0.0395. The highest BCUT2D eigenvalue weighted by molar-refractivity contribution is 7.20. The average Bonchev–Trinajstić information content (AvgIpc) is 2.96. The molecule has 2 atom stereocenters. The fourth-order valence-electron chi connectivity index (χ4n) is 4.14. The SMILES string of the molecule is O=C(c1cc2cc(F)ccc2s1)N1CCC[C@H]2CCCC[C@@H]21. The molecule has 1 aromatic carbocycles. The molecule has 1 aliphatic heterocycles. The molecule has 0 unspecified atom stereocenters. The Kier molecular flexibility index (Phi) is 3.65. The summed E-state index contributed by atoms with van der Waals surface area (Å²) in [6.45, 7) is 0.878. The summed E-state index contributed by atoms with van der Waals surface area (Å²) in [4.78, 5) is 15.8. The molecule has 1 saturated heterocycles. The van der Waals surface area contributed by atoms with Gasteiger partial charge in [0, 0.05) is 17.3 Å². The Balaban J connectivity index is 1.64. The van der Waals surface area contributed by atoms with Gasteiger partial charge in [-0.05, 0) is 61.3 Å². The number of thiophene rings is 1. The Morgan fingerprint density at radius 2 is 1.95 bits per heavy atom. The van der Waals surface area contributed by atoms with Gasteiger partial charge in [-0.2, -0.15) is 0 Å². The highest BCUT2D eigenvalue weighted by Crippen LogP contribution is 2.37. The zero-order valence-corrected chi connectivity index (χ0v) is 13.4.